The number of carbonyl (C=O) groups excluding carboxylic acids is 7. The summed E-state index contributed by atoms with van der Waals surface area (Å²) in [5, 5.41) is 25.2. The second-order valence-corrected chi connectivity index (χ2v) is 35.6. The van der Waals surface area contributed by atoms with E-state index in [4.69, 9.17) is 9.47 Å². The molecule has 7 saturated heterocycles. The van der Waals surface area contributed by atoms with E-state index in [1.54, 1.807) is 12.1 Å². The van der Waals surface area contributed by atoms with Gasteiger partial charge in [-0.15, -0.1) is 100 Å². The molecule has 0 aliphatic carbocycles. The van der Waals surface area contributed by atoms with Crippen molar-refractivity contribution in [2.24, 2.45) is 41.4 Å². The number of para-hydroxylation sites is 3. The van der Waals surface area contributed by atoms with Crippen LogP contribution in [0.4, 0.5) is 26.3 Å². The van der Waals surface area contributed by atoms with Gasteiger partial charge in [0.05, 0.1) is 18.8 Å². The first-order valence-electron chi connectivity index (χ1n) is 47.4. The van der Waals surface area contributed by atoms with Crippen molar-refractivity contribution in [3.05, 3.63) is 267 Å². The molecule has 0 unspecified atom stereocenters. The second kappa shape index (κ2) is 68.4. The van der Waals surface area contributed by atoms with Gasteiger partial charge >= 0.3 is 12.5 Å². The Labute approximate surface area is 868 Å². The second-order valence-electron chi connectivity index (χ2n) is 34.7. The number of Topliss-reactive ketones (excluding diaryl/α,β-unsaturated/α-hetero) is 7. The molecule has 0 aromatic heterocycles. The van der Waals surface area contributed by atoms with Crippen LogP contribution < -0.4 is 51.4 Å². The molecule has 0 atom stereocenters. The van der Waals surface area contributed by atoms with E-state index in [9.17, 15) is 59.9 Å². The third-order valence-electron chi connectivity index (χ3n) is 25.3. The lowest BCUT2D eigenvalue weighted by molar-refractivity contribution is -0.275. The summed E-state index contributed by atoms with van der Waals surface area (Å²) in [4.78, 5) is 85.7. The van der Waals surface area contributed by atoms with Gasteiger partial charge in [0, 0.05) is 108 Å². The van der Waals surface area contributed by atoms with Crippen LogP contribution in [0, 0.1) is 41.4 Å². The SMILES string of the molecule is CCCOc1ccccc1CC(=O)C1CCNCC1.CCOc1ccccc1CC(=O)C1CCNCC1.Cl.Cl.Cl.Cl.Cl.Cl.Cl.O=C(Cc1cccc2ccccc12)C1CCNCC1.O=C(Cc1ccccc1-c1ccccc1)C1CCNCC1.O=C(Cc1ccccc1Br)C1CCNCC1.O=C(Cc1ccccc1C(F)(F)F)C1CCNCC1.O=C(Cc1ccccc1OC(F)(F)F)C1CCNCC1. The van der Waals surface area contributed by atoms with Crippen molar-refractivity contribution in [2.45, 2.75) is 168 Å². The number of halogens is 14. The van der Waals surface area contributed by atoms with Gasteiger partial charge in [-0.25, -0.2) is 0 Å². The first kappa shape index (κ1) is 125. The lowest BCUT2D eigenvalue weighted by Crippen LogP contribution is -2.32. The summed E-state index contributed by atoms with van der Waals surface area (Å²) >= 11 is 3.48. The summed E-state index contributed by atoms with van der Waals surface area (Å²) in [6.45, 7) is 18.2. The van der Waals surface area contributed by atoms with Gasteiger partial charge in [-0.05, 0) is 269 Å². The number of ketones is 7. The van der Waals surface area contributed by atoms with E-state index >= 15 is 0 Å². The molecule has 9 aromatic rings. The van der Waals surface area contributed by atoms with Crippen molar-refractivity contribution in [3.63, 3.8) is 0 Å². The number of hydrogen-bond donors (Lipinski definition) is 7. The van der Waals surface area contributed by atoms with Crippen molar-refractivity contribution in [1.82, 2.24) is 37.2 Å². The van der Waals surface area contributed by atoms with Gasteiger partial charge in [0.25, 0.3) is 0 Å². The van der Waals surface area contributed by atoms with Crippen LogP contribution in [0.25, 0.3) is 21.9 Å². The number of carbonyl (C=O) groups is 7. The van der Waals surface area contributed by atoms with Gasteiger partial charge in [-0.1, -0.05) is 211 Å². The molecule has 0 spiro atoms. The molecule has 7 fully saturated rings. The van der Waals surface area contributed by atoms with Crippen LogP contribution in [0.2, 0.25) is 0 Å². The van der Waals surface area contributed by atoms with Crippen molar-refractivity contribution in [1.29, 1.82) is 0 Å². The molecule has 764 valence electrons. The van der Waals surface area contributed by atoms with Gasteiger partial charge in [-0.2, -0.15) is 13.2 Å². The molecule has 7 N–H and O–H groups in total. The molecule has 7 aliphatic heterocycles. The molecular formula is C108H139BrCl7F6N7O10. The fourth-order valence-corrected chi connectivity index (χ4v) is 18.2. The fraction of sp³-hybridized carbons (Fsp3) is 0.454. The minimum absolute atomic E-state index is 0. The van der Waals surface area contributed by atoms with E-state index in [2.05, 4.69) is 113 Å². The van der Waals surface area contributed by atoms with E-state index in [0.29, 0.717) is 87.1 Å². The van der Waals surface area contributed by atoms with Crippen molar-refractivity contribution in [2.75, 3.05) is 105 Å². The van der Waals surface area contributed by atoms with Gasteiger partial charge in [-0.3, -0.25) is 33.6 Å². The molecule has 0 radical (unpaired) electrons. The van der Waals surface area contributed by atoms with Gasteiger partial charge < -0.3 is 51.4 Å². The fourth-order valence-electron chi connectivity index (χ4n) is 17.8. The number of rotatable bonds is 28. The predicted octanol–water partition coefficient (Wildman–Crippen LogP) is 22.2. The summed E-state index contributed by atoms with van der Waals surface area (Å²) in [6.07, 6.45) is 7.09. The van der Waals surface area contributed by atoms with E-state index < -0.39 is 18.1 Å². The number of nitrogens with one attached hydrogen (secondary N) is 7. The Morgan fingerprint density at radius 3 is 0.942 bits per heavy atom. The molecule has 9 aromatic carbocycles. The topological polar surface area (TPSA) is 231 Å². The Morgan fingerprint density at radius 1 is 0.295 bits per heavy atom. The molecule has 16 rings (SSSR count). The van der Waals surface area contributed by atoms with Crippen LogP contribution in [0.15, 0.2) is 223 Å². The zero-order chi connectivity index (χ0) is 93.7. The number of piperidine rings is 7. The lowest BCUT2D eigenvalue weighted by Gasteiger charge is -2.22. The van der Waals surface area contributed by atoms with Crippen molar-refractivity contribution in [3.8, 4) is 28.4 Å². The van der Waals surface area contributed by atoms with Crippen LogP contribution in [0.1, 0.15) is 155 Å². The molecular weight excluding hydrogens is 2000 g/mol. The minimum Gasteiger partial charge on any atom is -0.494 e. The highest BCUT2D eigenvalue weighted by atomic mass is 79.9. The maximum absolute atomic E-state index is 12.8. The van der Waals surface area contributed by atoms with Crippen LogP contribution >= 0.6 is 103 Å². The zero-order valence-electron chi connectivity index (χ0n) is 79.3. The summed E-state index contributed by atoms with van der Waals surface area (Å²) in [6, 6.07) is 67.9. The van der Waals surface area contributed by atoms with E-state index in [-0.39, 0.29) is 170 Å². The van der Waals surface area contributed by atoms with Gasteiger partial charge in [0.2, 0.25) is 0 Å². The minimum atomic E-state index is -4.74. The van der Waals surface area contributed by atoms with Crippen LogP contribution in [-0.2, 0) is 84.7 Å². The third-order valence-corrected chi connectivity index (χ3v) is 26.1. The van der Waals surface area contributed by atoms with Crippen LogP contribution in [0.5, 0.6) is 17.2 Å². The summed E-state index contributed by atoms with van der Waals surface area (Å²) in [5.41, 5.74) is 7.50. The summed E-state index contributed by atoms with van der Waals surface area (Å²) in [7, 11) is 0. The molecule has 7 heterocycles. The quantitative estimate of drug-likeness (QED) is 0.0226. The monoisotopic (exact) mass is 2130 g/mol. The van der Waals surface area contributed by atoms with E-state index in [1.165, 1.54) is 57.8 Å². The number of hydrogen-bond acceptors (Lipinski definition) is 17. The Balaban J connectivity index is 0.000000414. The number of fused-ring (bicyclic) bond motifs is 1. The molecule has 0 saturated carbocycles. The standard InChI is InChI=1S/C19H21NO.C17H19NO.C16H23NO2.C15H21NO2.C14H16F3NO2.C14H16F3NO.C13H16BrNO.7ClH/c21-19(16-10-12-20-13-11-16)14-17-8-4-5-9-18(17)15-6-2-1-3-7-15;19-17(14-8-10-18-11-9-14)12-15-6-3-5-13-4-1-2-7-16(13)15;1-2-11-19-16-6-4-3-5-14(16)12-15(18)13-7-9-17-10-8-13;1-2-18-15-6-4-3-5-13(15)11-14(17)12-7-9-16-10-8-12;15-14(16,17)20-13-4-2-1-3-11(13)9-12(19)10-5-7-18-8-6-10;15-14(16,17)12-4-2-1-3-11(12)9-13(19)10-5-7-18-8-6-10;14-12-4-2-1-3-11(12)9-13(16)10-5-7-15-8-6-10;;;;;;;/h1-9,16,20H,10-14H2;1-7,14,18H,8-12H2;3-6,13,17H,2,7-12H2,1H3;3-6,12,16H,2,7-11H2,1H3;1-4,10,18H,5-9H2;1-4,10,18H,5-9H2;1-4,10,15H,5-9H2;7*1H. The van der Waals surface area contributed by atoms with Crippen molar-refractivity contribution < 1.29 is 74.1 Å². The van der Waals surface area contributed by atoms with E-state index in [1.807, 2.05) is 128 Å². The number of benzene rings is 9. The number of alkyl halides is 6. The predicted molar refractivity (Wildman–Crippen MR) is 565 cm³/mol. The van der Waals surface area contributed by atoms with Crippen LogP contribution in [-0.4, -0.2) is 152 Å². The first-order valence-corrected chi connectivity index (χ1v) is 48.2. The zero-order valence-corrected chi connectivity index (χ0v) is 86.6. The Morgan fingerprint density at radius 2 is 0.568 bits per heavy atom. The molecule has 0 amide bonds. The average molecular weight is 2140 g/mol. The highest BCUT2D eigenvalue weighted by Gasteiger charge is 2.36. The Kier molecular flexibility index (Phi) is 61.7. The molecule has 31 heteroatoms. The van der Waals surface area contributed by atoms with Gasteiger partial charge in [0.1, 0.15) is 57.7 Å². The smallest absolute Gasteiger partial charge is 0.494 e. The van der Waals surface area contributed by atoms with Crippen LogP contribution in [0.3, 0.4) is 0 Å². The molecule has 17 nitrogen and oxygen atoms in total. The number of ether oxygens (including phenoxy) is 3. The normalized spacial score (nSPS) is 15.8. The largest absolute Gasteiger partial charge is 0.573 e. The first-order chi connectivity index (χ1) is 64.0. The highest BCUT2D eigenvalue weighted by molar-refractivity contribution is 9.10. The van der Waals surface area contributed by atoms with E-state index in [0.717, 1.165) is 219 Å². The lowest BCUT2D eigenvalue weighted by atomic mass is 9.88. The highest BCUT2D eigenvalue weighted by Crippen LogP contribution is 2.35. The maximum Gasteiger partial charge on any atom is 0.573 e. The third kappa shape index (κ3) is 43.7. The molecule has 7 aliphatic rings. The summed E-state index contributed by atoms with van der Waals surface area (Å²) < 4.78 is 91.6. The Hall–Kier alpha value is -7.86. The van der Waals surface area contributed by atoms with Gasteiger partial charge in [0.15, 0.2) is 0 Å². The Bertz CT molecular complexity index is 5070. The molecule has 139 heavy (non-hydrogen) atoms. The maximum atomic E-state index is 12.8. The summed E-state index contributed by atoms with van der Waals surface area (Å²) in [5.74, 6) is 4.20. The average Bonchev–Trinajstić information content (AvgIpc) is 0.829. The molecule has 0 bridgehead atoms. The van der Waals surface area contributed by atoms with Crippen molar-refractivity contribution >= 4 is 154 Å².